The summed E-state index contributed by atoms with van der Waals surface area (Å²) in [5.74, 6) is 2.66. The fourth-order valence-electron chi connectivity index (χ4n) is 7.03. The zero-order valence-electron chi connectivity index (χ0n) is 19.0. The second kappa shape index (κ2) is 8.92. The molecule has 3 N–H and O–H groups in total. The maximum absolute atomic E-state index is 10.3. The topological polar surface area (TPSA) is 60.7 Å². The fourth-order valence-corrected chi connectivity index (χ4v) is 7.03. The second-order valence-electron chi connectivity index (χ2n) is 11.1. The molecule has 0 unspecified atom stereocenters. The summed E-state index contributed by atoms with van der Waals surface area (Å²) in [6.07, 6.45) is 15.2. The molecular weight excluding hydrogens is 372 g/mol. The Labute approximate surface area is 183 Å². The van der Waals surface area contributed by atoms with E-state index >= 15 is 0 Å². The fraction of sp³-hybridized carbons (Fsp3) is 0.778. The molecule has 4 aliphatic carbocycles. The van der Waals surface area contributed by atoms with Gasteiger partial charge in [-0.15, -0.1) is 0 Å². The molecule has 4 rings (SSSR count). The lowest BCUT2D eigenvalue weighted by molar-refractivity contribution is 0.0784. The van der Waals surface area contributed by atoms with Gasteiger partial charge < -0.3 is 15.3 Å². The first-order valence-corrected chi connectivity index (χ1v) is 12.4. The maximum atomic E-state index is 10.3. The van der Waals surface area contributed by atoms with Crippen LogP contribution in [0, 0.1) is 29.1 Å². The van der Waals surface area contributed by atoms with Gasteiger partial charge in [-0.2, -0.15) is 0 Å². The molecular formula is C27H42O3. The van der Waals surface area contributed by atoms with E-state index in [1.807, 2.05) is 0 Å². The Hall–Kier alpha value is -0.900. The highest BCUT2D eigenvalue weighted by Crippen LogP contribution is 2.60. The van der Waals surface area contributed by atoms with E-state index in [1.165, 1.54) is 44.9 Å². The van der Waals surface area contributed by atoms with Crippen molar-refractivity contribution in [2.45, 2.75) is 103 Å². The van der Waals surface area contributed by atoms with E-state index in [0.29, 0.717) is 36.0 Å². The minimum Gasteiger partial charge on any atom is -0.393 e. The van der Waals surface area contributed by atoms with Crippen molar-refractivity contribution in [3.63, 3.8) is 0 Å². The van der Waals surface area contributed by atoms with Crippen LogP contribution in [0.3, 0.4) is 0 Å². The summed E-state index contributed by atoms with van der Waals surface area (Å²) in [5, 5.41) is 30.5. The Morgan fingerprint density at radius 1 is 1.13 bits per heavy atom. The van der Waals surface area contributed by atoms with Crippen LogP contribution in [-0.4, -0.2) is 33.6 Å². The summed E-state index contributed by atoms with van der Waals surface area (Å²) in [7, 11) is 0. The monoisotopic (exact) mass is 414 g/mol. The van der Waals surface area contributed by atoms with Gasteiger partial charge in [0.05, 0.1) is 18.3 Å². The molecule has 4 aliphatic rings. The van der Waals surface area contributed by atoms with Gasteiger partial charge in [0.2, 0.25) is 0 Å². The summed E-state index contributed by atoms with van der Waals surface area (Å²) in [4.78, 5) is 0. The van der Waals surface area contributed by atoms with E-state index in [1.54, 1.807) is 5.57 Å². The number of fused-ring (bicyclic) bond motifs is 1. The number of hydrogen-bond acceptors (Lipinski definition) is 3. The number of aliphatic hydroxyl groups is 3. The highest BCUT2D eigenvalue weighted by Gasteiger charge is 2.50. The number of aliphatic hydroxyl groups excluding tert-OH is 3. The molecule has 0 radical (unpaired) electrons. The molecule has 3 heteroatoms. The van der Waals surface area contributed by atoms with E-state index < -0.39 is 12.2 Å². The molecule has 0 aromatic heterocycles. The molecule has 0 amide bonds. The molecule has 0 spiro atoms. The predicted molar refractivity (Wildman–Crippen MR) is 122 cm³/mol. The summed E-state index contributed by atoms with van der Waals surface area (Å²) in [5.41, 5.74) is 3.72. The van der Waals surface area contributed by atoms with Crippen LogP contribution < -0.4 is 0 Å². The van der Waals surface area contributed by atoms with Crippen LogP contribution in [0.1, 0.15) is 84.5 Å². The highest BCUT2D eigenvalue weighted by molar-refractivity contribution is 5.38. The van der Waals surface area contributed by atoms with Crippen molar-refractivity contribution in [2.75, 3.05) is 0 Å². The molecule has 0 aromatic rings. The Morgan fingerprint density at radius 3 is 2.63 bits per heavy atom. The summed E-state index contributed by atoms with van der Waals surface area (Å²) in [6.45, 7) is 9.01. The molecule has 4 saturated carbocycles. The first-order chi connectivity index (χ1) is 14.3. The van der Waals surface area contributed by atoms with Gasteiger partial charge in [-0.1, -0.05) is 38.2 Å². The van der Waals surface area contributed by atoms with Crippen LogP contribution in [-0.2, 0) is 0 Å². The first-order valence-electron chi connectivity index (χ1n) is 12.4. The zero-order valence-corrected chi connectivity index (χ0v) is 19.0. The van der Waals surface area contributed by atoms with Crippen LogP contribution in [0.25, 0.3) is 0 Å². The quantitative estimate of drug-likeness (QED) is 0.552. The van der Waals surface area contributed by atoms with E-state index in [0.717, 1.165) is 29.9 Å². The molecule has 0 bridgehead atoms. The zero-order chi connectivity index (χ0) is 21.5. The Kier molecular flexibility index (Phi) is 6.63. The van der Waals surface area contributed by atoms with Crippen LogP contribution in [0.5, 0.6) is 0 Å². The average Bonchev–Trinajstić information content (AvgIpc) is 3.49. The van der Waals surface area contributed by atoms with Gasteiger partial charge >= 0.3 is 0 Å². The third-order valence-corrected chi connectivity index (χ3v) is 9.07. The van der Waals surface area contributed by atoms with Crippen LogP contribution in [0.2, 0.25) is 0 Å². The lowest BCUT2D eigenvalue weighted by Gasteiger charge is -2.44. The van der Waals surface area contributed by atoms with Gasteiger partial charge in [-0.25, -0.2) is 0 Å². The van der Waals surface area contributed by atoms with E-state index in [2.05, 4.69) is 32.6 Å². The maximum Gasteiger partial charge on any atom is 0.0811 e. The van der Waals surface area contributed by atoms with Crippen LogP contribution >= 0.6 is 0 Å². The molecule has 0 aromatic carbocycles. The number of allylic oxidation sites excluding steroid dienone is 3. The van der Waals surface area contributed by atoms with Crippen LogP contribution in [0.15, 0.2) is 35.5 Å². The predicted octanol–water partition coefficient (Wildman–Crippen LogP) is 5.31. The Bertz CT molecular complexity index is 703. The normalized spacial score (nSPS) is 41.8. The Balaban J connectivity index is 1.44. The SMILES string of the molecule is C=C1/C(=C\C=C2/CCC[C@]3(C)[C@@H]2CC[C@H]3[C@@H](C)CC[C@@H](O)C2CC2)C[C@H](O)C[C@H]1O. The average molecular weight is 415 g/mol. The van der Waals surface area contributed by atoms with Crippen molar-refractivity contribution >= 4 is 0 Å². The second-order valence-corrected chi connectivity index (χ2v) is 11.1. The number of hydrogen-bond donors (Lipinski definition) is 3. The molecule has 3 nitrogen and oxygen atoms in total. The van der Waals surface area contributed by atoms with Crippen molar-refractivity contribution in [1.82, 2.24) is 0 Å². The first kappa shape index (κ1) is 22.3. The van der Waals surface area contributed by atoms with Gasteiger partial charge in [-0.05, 0) is 104 Å². The summed E-state index contributed by atoms with van der Waals surface area (Å²) < 4.78 is 0. The van der Waals surface area contributed by atoms with Gasteiger partial charge in [0.1, 0.15) is 0 Å². The van der Waals surface area contributed by atoms with Gasteiger partial charge in [0.25, 0.3) is 0 Å². The van der Waals surface area contributed by atoms with Crippen LogP contribution in [0.4, 0.5) is 0 Å². The van der Waals surface area contributed by atoms with E-state index in [-0.39, 0.29) is 6.10 Å². The molecule has 0 saturated heterocycles. The van der Waals surface area contributed by atoms with E-state index in [4.69, 9.17) is 0 Å². The van der Waals surface area contributed by atoms with Crippen molar-refractivity contribution < 1.29 is 15.3 Å². The van der Waals surface area contributed by atoms with Gasteiger partial charge in [0.15, 0.2) is 0 Å². The summed E-state index contributed by atoms with van der Waals surface area (Å²) >= 11 is 0. The molecule has 0 aliphatic heterocycles. The minimum absolute atomic E-state index is 0.0693. The van der Waals surface area contributed by atoms with Crippen molar-refractivity contribution in [1.29, 1.82) is 0 Å². The smallest absolute Gasteiger partial charge is 0.0811 e. The molecule has 0 heterocycles. The largest absolute Gasteiger partial charge is 0.393 e. The lowest BCUT2D eigenvalue weighted by Crippen LogP contribution is -2.36. The third kappa shape index (κ3) is 4.49. The number of rotatable bonds is 6. The standard InChI is InChI=1S/C27H42O3/c1-17(6-13-25(29)20-8-9-20)23-11-12-24-19(5-4-14-27(23,24)3)7-10-21-15-22(28)16-26(30)18(21)2/h7,10,17,20,22-26,28-30H,2,4-6,8-9,11-16H2,1,3H3/b19-7+,21-10-/t17-,22-,23-,24+,25+,26+,27-/m0/s1. The highest BCUT2D eigenvalue weighted by atomic mass is 16.3. The summed E-state index contributed by atoms with van der Waals surface area (Å²) in [6, 6.07) is 0. The van der Waals surface area contributed by atoms with Crippen molar-refractivity contribution in [2.24, 2.45) is 29.1 Å². The third-order valence-electron chi connectivity index (χ3n) is 9.07. The molecule has 4 fully saturated rings. The van der Waals surface area contributed by atoms with Crippen molar-refractivity contribution in [3.8, 4) is 0 Å². The molecule has 30 heavy (non-hydrogen) atoms. The minimum atomic E-state index is -0.613. The van der Waals surface area contributed by atoms with Crippen molar-refractivity contribution in [3.05, 3.63) is 35.5 Å². The molecule has 168 valence electrons. The lowest BCUT2D eigenvalue weighted by atomic mass is 9.60. The molecule has 7 atom stereocenters. The van der Waals surface area contributed by atoms with Gasteiger partial charge in [-0.3, -0.25) is 0 Å². The van der Waals surface area contributed by atoms with Gasteiger partial charge in [0, 0.05) is 6.42 Å². The Morgan fingerprint density at radius 2 is 1.90 bits per heavy atom. The van der Waals surface area contributed by atoms with E-state index in [9.17, 15) is 15.3 Å².